The maximum atomic E-state index is 12.6. The summed E-state index contributed by atoms with van der Waals surface area (Å²) < 4.78 is 1.74. The Morgan fingerprint density at radius 1 is 1.21 bits per heavy atom. The predicted octanol–water partition coefficient (Wildman–Crippen LogP) is 4.64. The predicted molar refractivity (Wildman–Crippen MR) is 112 cm³/mol. The van der Waals surface area contributed by atoms with E-state index in [1.54, 1.807) is 17.0 Å². The number of nitrogens with one attached hydrogen (secondary N) is 1. The quantitative estimate of drug-likeness (QED) is 0.517. The maximum absolute atomic E-state index is 12.6. The van der Waals surface area contributed by atoms with Gasteiger partial charge < -0.3 is 0 Å². The number of hydrogen-bond acceptors (Lipinski definition) is 4. The van der Waals surface area contributed by atoms with Crippen LogP contribution in [0.1, 0.15) is 39.7 Å². The summed E-state index contributed by atoms with van der Waals surface area (Å²) in [6.45, 7) is 6.22. The van der Waals surface area contributed by atoms with Crippen LogP contribution in [-0.2, 0) is 0 Å². The molecule has 6 nitrogen and oxygen atoms in total. The standard InChI is InChI=1S/C22H23N5O/c1-4-15(11-10-14(2)3)27-21-20(26-22(27)28)24-13-19(25-21)17-7-5-9-18-16(17)8-6-12-23-18/h5-10,12-13,15H,4,11H2,1-3H3,(H,24,26,28)/t15-/m0/s1. The zero-order valence-electron chi connectivity index (χ0n) is 16.3. The van der Waals surface area contributed by atoms with Gasteiger partial charge in [0.25, 0.3) is 0 Å². The molecule has 0 unspecified atom stereocenters. The fourth-order valence-electron chi connectivity index (χ4n) is 3.51. The highest BCUT2D eigenvalue weighted by Gasteiger charge is 2.18. The van der Waals surface area contributed by atoms with Gasteiger partial charge in [-0.05, 0) is 38.8 Å². The van der Waals surface area contributed by atoms with Crippen molar-refractivity contribution < 1.29 is 0 Å². The summed E-state index contributed by atoms with van der Waals surface area (Å²) in [6, 6.07) is 9.92. The number of hydrogen-bond donors (Lipinski definition) is 1. The van der Waals surface area contributed by atoms with Gasteiger partial charge in [0.1, 0.15) is 0 Å². The lowest BCUT2D eigenvalue weighted by atomic mass is 10.1. The summed E-state index contributed by atoms with van der Waals surface area (Å²) in [6.07, 6.45) is 7.27. The molecular formula is C22H23N5O. The van der Waals surface area contributed by atoms with Crippen LogP contribution in [0.5, 0.6) is 0 Å². The largest absolute Gasteiger partial charge is 0.329 e. The molecule has 28 heavy (non-hydrogen) atoms. The summed E-state index contributed by atoms with van der Waals surface area (Å²) in [4.78, 5) is 29.2. The number of allylic oxidation sites excluding steroid dienone is 2. The van der Waals surface area contributed by atoms with Gasteiger partial charge in [-0.25, -0.2) is 14.8 Å². The maximum Gasteiger partial charge on any atom is 0.329 e. The van der Waals surface area contributed by atoms with Crippen LogP contribution in [-0.4, -0.2) is 24.5 Å². The van der Waals surface area contributed by atoms with Gasteiger partial charge in [-0.2, -0.15) is 0 Å². The lowest BCUT2D eigenvalue weighted by molar-refractivity contribution is 0.487. The first kappa shape index (κ1) is 18.1. The van der Waals surface area contributed by atoms with Gasteiger partial charge in [0.05, 0.1) is 17.4 Å². The Hall–Kier alpha value is -3.28. The molecule has 142 valence electrons. The van der Waals surface area contributed by atoms with Gasteiger partial charge in [0.15, 0.2) is 11.3 Å². The van der Waals surface area contributed by atoms with E-state index in [1.165, 1.54) is 5.57 Å². The van der Waals surface area contributed by atoms with Gasteiger partial charge >= 0.3 is 5.69 Å². The van der Waals surface area contributed by atoms with Crippen LogP contribution in [0.15, 0.2) is 59.2 Å². The average molecular weight is 373 g/mol. The Morgan fingerprint density at radius 2 is 2.07 bits per heavy atom. The number of nitrogens with zero attached hydrogens (tertiary/aromatic N) is 4. The van der Waals surface area contributed by atoms with Gasteiger partial charge in [-0.15, -0.1) is 0 Å². The molecule has 0 bridgehead atoms. The molecule has 1 atom stereocenters. The van der Waals surface area contributed by atoms with Crippen LogP contribution in [0.25, 0.3) is 33.5 Å². The Balaban J connectivity index is 1.89. The molecule has 0 aliphatic rings. The highest BCUT2D eigenvalue weighted by Crippen LogP contribution is 2.27. The fraction of sp³-hybridized carbons (Fsp3) is 0.273. The molecule has 0 aliphatic heterocycles. The topological polar surface area (TPSA) is 76.5 Å². The van der Waals surface area contributed by atoms with Gasteiger partial charge in [-0.3, -0.25) is 14.5 Å². The van der Waals surface area contributed by atoms with Gasteiger partial charge in [0.2, 0.25) is 0 Å². The second-order valence-electron chi connectivity index (χ2n) is 7.18. The molecule has 3 aromatic heterocycles. The van der Waals surface area contributed by atoms with E-state index < -0.39 is 0 Å². The Kier molecular flexibility index (Phi) is 4.77. The van der Waals surface area contributed by atoms with Crippen molar-refractivity contribution >= 4 is 22.2 Å². The minimum absolute atomic E-state index is 0.0369. The van der Waals surface area contributed by atoms with Crippen LogP contribution < -0.4 is 5.69 Å². The molecule has 0 saturated carbocycles. The number of H-pyrrole nitrogens is 1. The van der Waals surface area contributed by atoms with E-state index >= 15 is 0 Å². The summed E-state index contributed by atoms with van der Waals surface area (Å²) in [5.74, 6) is 0. The molecule has 0 spiro atoms. The number of rotatable bonds is 5. The highest BCUT2D eigenvalue weighted by molar-refractivity contribution is 5.93. The Labute approximate surface area is 163 Å². The Bertz CT molecular complexity index is 1230. The first-order valence-corrected chi connectivity index (χ1v) is 9.53. The molecule has 6 heteroatoms. The van der Waals surface area contributed by atoms with Crippen LogP contribution in [0.2, 0.25) is 0 Å². The molecule has 1 aromatic carbocycles. The van der Waals surface area contributed by atoms with E-state index in [-0.39, 0.29) is 11.7 Å². The van der Waals surface area contributed by atoms with Crippen molar-refractivity contribution in [2.75, 3.05) is 0 Å². The molecular weight excluding hydrogens is 350 g/mol. The summed E-state index contributed by atoms with van der Waals surface area (Å²) in [7, 11) is 0. The monoisotopic (exact) mass is 373 g/mol. The lowest BCUT2D eigenvalue weighted by Crippen LogP contribution is -2.22. The molecule has 3 heterocycles. The van der Waals surface area contributed by atoms with E-state index in [1.807, 2.05) is 30.3 Å². The first-order valence-electron chi connectivity index (χ1n) is 9.53. The second-order valence-corrected chi connectivity index (χ2v) is 7.18. The first-order chi connectivity index (χ1) is 13.6. The molecule has 0 radical (unpaired) electrons. The van der Waals surface area contributed by atoms with Crippen molar-refractivity contribution in [3.05, 3.63) is 64.9 Å². The SMILES string of the molecule is CC[C@@H](CC=C(C)C)n1c(=O)[nH]c2ncc(-c3cccc4ncccc34)nc21. The molecule has 0 amide bonds. The summed E-state index contributed by atoms with van der Waals surface area (Å²) in [5.41, 5.74) is 4.78. The van der Waals surface area contributed by atoms with E-state index in [4.69, 9.17) is 4.98 Å². The number of fused-ring (bicyclic) bond motifs is 2. The molecule has 4 aromatic rings. The zero-order chi connectivity index (χ0) is 19.7. The molecule has 1 N–H and O–H groups in total. The van der Waals surface area contributed by atoms with Crippen molar-refractivity contribution in [2.24, 2.45) is 0 Å². The lowest BCUT2D eigenvalue weighted by Gasteiger charge is -2.15. The number of benzene rings is 1. The van der Waals surface area contributed by atoms with Gasteiger partial charge in [-0.1, -0.05) is 36.8 Å². The third-order valence-electron chi connectivity index (χ3n) is 4.98. The van der Waals surface area contributed by atoms with Crippen LogP contribution >= 0.6 is 0 Å². The third kappa shape index (κ3) is 3.22. The second kappa shape index (κ2) is 7.38. The van der Waals surface area contributed by atoms with Gasteiger partial charge in [0, 0.05) is 23.2 Å². The minimum Gasteiger partial charge on any atom is -0.289 e. The van der Waals surface area contributed by atoms with Crippen molar-refractivity contribution in [2.45, 2.75) is 39.7 Å². The van der Waals surface area contributed by atoms with Crippen molar-refractivity contribution in [1.82, 2.24) is 24.5 Å². The molecule has 0 fully saturated rings. The average Bonchev–Trinajstić information content (AvgIpc) is 3.03. The Morgan fingerprint density at radius 3 is 2.86 bits per heavy atom. The summed E-state index contributed by atoms with van der Waals surface area (Å²) in [5, 5.41) is 1.01. The molecule has 0 aliphatic carbocycles. The normalized spacial score (nSPS) is 12.4. The van der Waals surface area contributed by atoms with Crippen molar-refractivity contribution in [3.63, 3.8) is 0 Å². The van der Waals surface area contributed by atoms with Crippen molar-refractivity contribution in [1.29, 1.82) is 0 Å². The number of aromatic amines is 1. The molecule has 0 saturated heterocycles. The number of pyridine rings is 1. The summed E-state index contributed by atoms with van der Waals surface area (Å²) >= 11 is 0. The van der Waals surface area contributed by atoms with Crippen molar-refractivity contribution in [3.8, 4) is 11.3 Å². The highest BCUT2D eigenvalue weighted by atomic mass is 16.1. The third-order valence-corrected chi connectivity index (χ3v) is 4.98. The van der Waals surface area contributed by atoms with E-state index in [2.05, 4.69) is 41.8 Å². The van der Waals surface area contributed by atoms with E-state index in [0.717, 1.165) is 35.0 Å². The fourth-order valence-corrected chi connectivity index (χ4v) is 3.51. The van der Waals surface area contributed by atoms with Crippen LogP contribution in [0, 0.1) is 0 Å². The van der Waals surface area contributed by atoms with Crippen LogP contribution in [0.3, 0.4) is 0 Å². The smallest absolute Gasteiger partial charge is 0.289 e. The molecule has 4 rings (SSSR count). The van der Waals surface area contributed by atoms with Crippen LogP contribution in [0.4, 0.5) is 0 Å². The van der Waals surface area contributed by atoms with E-state index in [0.29, 0.717) is 11.3 Å². The zero-order valence-corrected chi connectivity index (χ0v) is 16.3. The minimum atomic E-state index is -0.166. The van der Waals surface area contributed by atoms with E-state index in [9.17, 15) is 4.79 Å². The number of imidazole rings is 1. The number of aromatic nitrogens is 5.